The SMILES string of the molecule is CCn1cnnc1CNC(=O)N1CCC[C@@H](NCc2ccccc2)C1. The molecule has 1 aliphatic rings. The number of nitrogens with one attached hydrogen (secondary N) is 2. The first kappa shape index (κ1) is 17.4. The molecule has 0 radical (unpaired) electrons. The standard InChI is InChI=1S/C18H26N6O/c1-2-23-14-21-22-17(23)12-20-18(25)24-10-6-9-16(13-24)19-11-15-7-4-3-5-8-15/h3-5,7-8,14,16,19H,2,6,9-13H2,1H3,(H,20,25)/t16-/m1/s1. The van der Waals surface area contributed by atoms with Gasteiger partial charge < -0.3 is 20.1 Å². The van der Waals surface area contributed by atoms with E-state index in [1.807, 2.05) is 34.6 Å². The van der Waals surface area contributed by atoms with Crippen LogP contribution in [-0.2, 0) is 19.6 Å². The summed E-state index contributed by atoms with van der Waals surface area (Å²) in [6, 6.07) is 10.7. The molecule has 25 heavy (non-hydrogen) atoms. The number of nitrogens with zero attached hydrogens (tertiary/aromatic N) is 4. The fourth-order valence-corrected chi connectivity index (χ4v) is 3.13. The number of likely N-dealkylation sites (tertiary alicyclic amines) is 1. The number of rotatable bonds is 6. The number of carbonyl (C=O) groups is 1. The maximum Gasteiger partial charge on any atom is 0.317 e. The Morgan fingerprint density at radius 2 is 2.12 bits per heavy atom. The van der Waals surface area contributed by atoms with Crippen LogP contribution in [0.5, 0.6) is 0 Å². The lowest BCUT2D eigenvalue weighted by atomic mass is 10.1. The van der Waals surface area contributed by atoms with Crippen molar-refractivity contribution in [2.45, 2.75) is 45.4 Å². The first-order valence-corrected chi connectivity index (χ1v) is 8.93. The van der Waals surface area contributed by atoms with Gasteiger partial charge in [0.25, 0.3) is 0 Å². The molecule has 0 unspecified atom stereocenters. The molecule has 1 aliphatic heterocycles. The van der Waals surface area contributed by atoms with Gasteiger partial charge in [-0.25, -0.2) is 4.79 Å². The molecular formula is C18H26N6O. The lowest BCUT2D eigenvalue weighted by Crippen LogP contribution is -2.50. The predicted octanol–water partition coefficient (Wildman–Crippen LogP) is 1.76. The highest BCUT2D eigenvalue weighted by Crippen LogP contribution is 2.11. The van der Waals surface area contributed by atoms with Gasteiger partial charge in [-0.05, 0) is 25.3 Å². The van der Waals surface area contributed by atoms with Crippen LogP contribution < -0.4 is 10.6 Å². The zero-order valence-corrected chi connectivity index (χ0v) is 14.7. The lowest BCUT2D eigenvalue weighted by Gasteiger charge is -2.33. The van der Waals surface area contributed by atoms with Crippen molar-refractivity contribution in [1.82, 2.24) is 30.3 Å². The molecule has 7 heteroatoms. The molecule has 0 spiro atoms. The molecule has 1 fully saturated rings. The topological polar surface area (TPSA) is 75.1 Å². The minimum Gasteiger partial charge on any atom is -0.331 e. The van der Waals surface area contributed by atoms with E-state index in [1.165, 1.54) is 5.56 Å². The normalized spacial score (nSPS) is 17.5. The molecule has 0 aliphatic carbocycles. The Morgan fingerprint density at radius 3 is 2.92 bits per heavy atom. The second-order valence-corrected chi connectivity index (χ2v) is 6.34. The maximum absolute atomic E-state index is 12.4. The van der Waals surface area contributed by atoms with E-state index < -0.39 is 0 Å². The number of amides is 2. The van der Waals surface area contributed by atoms with E-state index in [0.717, 1.165) is 44.8 Å². The van der Waals surface area contributed by atoms with Crippen molar-refractivity contribution in [3.8, 4) is 0 Å². The number of carbonyl (C=O) groups excluding carboxylic acids is 1. The molecule has 2 heterocycles. The third-order valence-electron chi connectivity index (χ3n) is 4.58. The van der Waals surface area contributed by atoms with Crippen molar-refractivity contribution in [1.29, 1.82) is 0 Å². The zero-order valence-electron chi connectivity index (χ0n) is 14.7. The summed E-state index contributed by atoms with van der Waals surface area (Å²) in [7, 11) is 0. The van der Waals surface area contributed by atoms with Crippen molar-refractivity contribution in [2.75, 3.05) is 13.1 Å². The summed E-state index contributed by atoms with van der Waals surface area (Å²) in [6.07, 6.45) is 3.80. The number of piperidine rings is 1. The molecule has 1 aromatic carbocycles. The largest absolute Gasteiger partial charge is 0.331 e. The Bertz CT molecular complexity index is 671. The van der Waals surface area contributed by atoms with Gasteiger partial charge in [0.05, 0.1) is 6.54 Å². The van der Waals surface area contributed by atoms with Gasteiger partial charge in [-0.3, -0.25) is 0 Å². The van der Waals surface area contributed by atoms with Gasteiger partial charge in [0, 0.05) is 32.2 Å². The van der Waals surface area contributed by atoms with Crippen LogP contribution in [0.2, 0.25) is 0 Å². The van der Waals surface area contributed by atoms with Crippen LogP contribution in [0.15, 0.2) is 36.7 Å². The average molecular weight is 342 g/mol. The molecule has 0 saturated carbocycles. The quantitative estimate of drug-likeness (QED) is 0.839. The van der Waals surface area contributed by atoms with Crippen LogP contribution in [0, 0.1) is 0 Å². The number of aryl methyl sites for hydroxylation is 1. The molecular weight excluding hydrogens is 316 g/mol. The van der Waals surface area contributed by atoms with Gasteiger partial charge in [-0.2, -0.15) is 0 Å². The van der Waals surface area contributed by atoms with E-state index in [4.69, 9.17) is 0 Å². The predicted molar refractivity (Wildman–Crippen MR) is 95.8 cm³/mol. The van der Waals surface area contributed by atoms with Gasteiger partial charge in [0.1, 0.15) is 6.33 Å². The summed E-state index contributed by atoms with van der Waals surface area (Å²) in [5, 5.41) is 14.5. The Balaban J connectivity index is 1.46. The van der Waals surface area contributed by atoms with Gasteiger partial charge in [-0.15, -0.1) is 10.2 Å². The van der Waals surface area contributed by atoms with Crippen LogP contribution in [0.1, 0.15) is 31.2 Å². The van der Waals surface area contributed by atoms with Crippen molar-refractivity contribution in [3.63, 3.8) is 0 Å². The molecule has 0 bridgehead atoms. The second kappa shape index (κ2) is 8.62. The van der Waals surface area contributed by atoms with Gasteiger partial charge >= 0.3 is 6.03 Å². The summed E-state index contributed by atoms with van der Waals surface area (Å²) in [5.74, 6) is 0.784. The van der Waals surface area contributed by atoms with Crippen LogP contribution in [0.4, 0.5) is 4.79 Å². The number of benzene rings is 1. The highest BCUT2D eigenvalue weighted by atomic mass is 16.2. The Labute approximate surface area is 148 Å². The van der Waals surface area contributed by atoms with Crippen LogP contribution >= 0.6 is 0 Å². The maximum atomic E-state index is 12.4. The molecule has 2 N–H and O–H groups in total. The third-order valence-corrected chi connectivity index (χ3v) is 4.58. The monoisotopic (exact) mass is 342 g/mol. The fraction of sp³-hybridized carbons (Fsp3) is 0.500. The third kappa shape index (κ3) is 4.79. The van der Waals surface area contributed by atoms with Gasteiger partial charge in [0.15, 0.2) is 5.82 Å². The van der Waals surface area contributed by atoms with Crippen LogP contribution in [0.3, 0.4) is 0 Å². The fourth-order valence-electron chi connectivity index (χ4n) is 3.13. The molecule has 3 rings (SSSR count). The molecule has 2 amide bonds. The van der Waals surface area contributed by atoms with Crippen LogP contribution in [0.25, 0.3) is 0 Å². The summed E-state index contributed by atoms with van der Waals surface area (Å²) >= 11 is 0. The van der Waals surface area contributed by atoms with E-state index in [2.05, 4.69) is 33.0 Å². The van der Waals surface area contributed by atoms with Crippen molar-refractivity contribution in [3.05, 3.63) is 48.0 Å². The average Bonchev–Trinajstić information content (AvgIpc) is 3.13. The van der Waals surface area contributed by atoms with Crippen molar-refractivity contribution < 1.29 is 4.79 Å². The van der Waals surface area contributed by atoms with E-state index >= 15 is 0 Å². The summed E-state index contributed by atoms with van der Waals surface area (Å²) in [4.78, 5) is 14.3. The Hall–Kier alpha value is -2.41. The molecule has 1 saturated heterocycles. The molecule has 1 atom stereocenters. The molecule has 1 aromatic heterocycles. The number of aromatic nitrogens is 3. The van der Waals surface area contributed by atoms with E-state index in [1.54, 1.807) is 6.33 Å². The lowest BCUT2D eigenvalue weighted by molar-refractivity contribution is 0.172. The number of hydrogen-bond donors (Lipinski definition) is 2. The zero-order chi connectivity index (χ0) is 17.5. The summed E-state index contributed by atoms with van der Waals surface area (Å²) < 4.78 is 1.93. The minimum atomic E-state index is -0.0307. The van der Waals surface area contributed by atoms with Crippen molar-refractivity contribution >= 4 is 6.03 Å². The molecule has 134 valence electrons. The Morgan fingerprint density at radius 1 is 1.28 bits per heavy atom. The minimum absolute atomic E-state index is 0.0307. The van der Waals surface area contributed by atoms with E-state index in [-0.39, 0.29) is 6.03 Å². The highest BCUT2D eigenvalue weighted by Gasteiger charge is 2.23. The van der Waals surface area contributed by atoms with E-state index in [0.29, 0.717) is 12.6 Å². The van der Waals surface area contributed by atoms with Crippen LogP contribution in [-0.4, -0.2) is 44.8 Å². The second-order valence-electron chi connectivity index (χ2n) is 6.34. The Kier molecular flexibility index (Phi) is 6.00. The van der Waals surface area contributed by atoms with Gasteiger partial charge in [0.2, 0.25) is 0 Å². The smallest absolute Gasteiger partial charge is 0.317 e. The van der Waals surface area contributed by atoms with E-state index in [9.17, 15) is 4.79 Å². The molecule has 2 aromatic rings. The van der Waals surface area contributed by atoms with Crippen molar-refractivity contribution in [2.24, 2.45) is 0 Å². The summed E-state index contributed by atoms with van der Waals surface area (Å²) in [6.45, 7) is 5.61. The first-order chi connectivity index (χ1) is 12.3. The number of hydrogen-bond acceptors (Lipinski definition) is 4. The number of urea groups is 1. The summed E-state index contributed by atoms with van der Waals surface area (Å²) in [5.41, 5.74) is 1.27. The first-order valence-electron chi connectivity index (χ1n) is 8.93. The van der Waals surface area contributed by atoms with Gasteiger partial charge in [-0.1, -0.05) is 30.3 Å². The highest BCUT2D eigenvalue weighted by molar-refractivity contribution is 5.74. The molecule has 7 nitrogen and oxygen atoms in total.